The summed E-state index contributed by atoms with van der Waals surface area (Å²) in [5.41, 5.74) is 6.14. The first-order chi connectivity index (χ1) is 14.2. The number of hydrogen-bond donors (Lipinski definition) is 1. The number of ether oxygens (including phenoxy) is 5. The van der Waals surface area contributed by atoms with Crippen LogP contribution in [0.3, 0.4) is 0 Å². The average molecular weight is 444 g/mol. The zero-order chi connectivity index (χ0) is 22.3. The van der Waals surface area contributed by atoms with E-state index in [0.717, 1.165) is 19.4 Å². The second-order valence-electron chi connectivity index (χ2n) is 6.36. The largest absolute Gasteiger partial charge is 0.455 e. The Morgan fingerprint density at radius 2 is 1.60 bits per heavy atom. The third-order valence-corrected chi connectivity index (χ3v) is 4.24. The number of carbonyl (C=O) groups excluding carboxylic acids is 4. The molecular formula is C19H22ClNO9. The minimum atomic E-state index is -1.55. The Kier molecular flexibility index (Phi) is 8.58. The molecule has 0 radical (unpaired) electrons. The first-order valence-corrected chi connectivity index (χ1v) is 9.46. The molecule has 0 unspecified atom stereocenters. The number of carbonyl (C=O) groups is 4. The number of halogens is 1. The number of hydrogen-bond acceptors (Lipinski definition) is 9. The fourth-order valence-corrected chi connectivity index (χ4v) is 2.95. The van der Waals surface area contributed by atoms with E-state index in [2.05, 4.69) is 0 Å². The maximum absolute atomic E-state index is 12.0. The summed E-state index contributed by atoms with van der Waals surface area (Å²) in [6.07, 6.45) is -7.07. The number of esters is 3. The molecule has 0 saturated carbocycles. The topological polar surface area (TPSA) is 140 Å². The third kappa shape index (κ3) is 6.41. The summed E-state index contributed by atoms with van der Waals surface area (Å²) < 4.78 is 26.8. The van der Waals surface area contributed by atoms with Crippen LogP contribution in [-0.4, -0.2) is 60.4 Å². The van der Waals surface area contributed by atoms with Crippen LogP contribution >= 0.6 is 11.6 Å². The summed E-state index contributed by atoms with van der Waals surface area (Å²) in [5, 5.41) is 0. The van der Waals surface area contributed by atoms with Crippen LogP contribution in [0.15, 0.2) is 30.3 Å². The highest BCUT2D eigenvalue weighted by Crippen LogP contribution is 2.30. The fourth-order valence-electron chi connectivity index (χ4n) is 2.88. The minimum absolute atomic E-state index is 0.00350. The smallest absolute Gasteiger partial charge is 0.321 e. The van der Waals surface area contributed by atoms with Crippen LogP contribution in [0.2, 0.25) is 0 Å². The van der Waals surface area contributed by atoms with E-state index in [0.29, 0.717) is 0 Å². The predicted octanol–water partition coefficient (Wildman–Crippen LogP) is 0.427. The minimum Gasteiger partial charge on any atom is -0.455 e. The SMILES string of the molecule is CC(=O)O[C@H]1O[C@@H](C(N)=O)[C@@H](OC(=O)CCl)[C@H](OCc2ccccc2)[C@H]1OC(C)=O. The van der Waals surface area contributed by atoms with E-state index in [1.54, 1.807) is 24.3 Å². The number of amides is 1. The quantitative estimate of drug-likeness (QED) is 0.344. The van der Waals surface area contributed by atoms with Gasteiger partial charge in [0.15, 0.2) is 18.3 Å². The molecule has 11 heteroatoms. The zero-order valence-electron chi connectivity index (χ0n) is 16.3. The molecule has 0 aromatic heterocycles. The Labute approximate surface area is 177 Å². The van der Waals surface area contributed by atoms with Crippen molar-refractivity contribution in [2.75, 3.05) is 5.88 Å². The highest BCUT2D eigenvalue weighted by molar-refractivity contribution is 6.26. The van der Waals surface area contributed by atoms with Gasteiger partial charge >= 0.3 is 17.9 Å². The van der Waals surface area contributed by atoms with Gasteiger partial charge in [-0.15, -0.1) is 11.6 Å². The Balaban J connectivity index is 2.41. The second kappa shape index (κ2) is 10.9. The van der Waals surface area contributed by atoms with Gasteiger partial charge < -0.3 is 29.4 Å². The summed E-state index contributed by atoms with van der Waals surface area (Å²) in [6.45, 7) is 2.22. The van der Waals surface area contributed by atoms with Crippen molar-refractivity contribution in [3.63, 3.8) is 0 Å². The lowest BCUT2D eigenvalue weighted by Crippen LogP contribution is -2.64. The lowest BCUT2D eigenvalue weighted by molar-refractivity contribution is -0.295. The average Bonchev–Trinajstić information content (AvgIpc) is 2.68. The first kappa shape index (κ1) is 23.6. The van der Waals surface area contributed by atoms with Crippen LogP contribution in [0.5, 0.6) is 0 Å². The lowest BCUT2D eigenvalue weighted by Gasteiger charge is -2.43. The molecule has 0 bridgehead atoms. The Morgan fingerprint density at radius 1 is 0.967 bits per heavy atom. The van der Waals surface area contributed by atoms with Crippen LogP contribution in [0.1, 0.15) is 19.4 Å². The van der Waals surface area contributed by atoms with E-state index in [1.807, 2.05) is 6.07 Å². The standard InChI is InChI=1S/C19H22ClNO9/c1-10(22)27-17-14(26-9-12-6-4-3-5-7-12)15(29-13(24)8-20)16(18(21)25)30-19(17)28-11(2)23/h3-7,14-17,19H,8-9H2,1-2H3,(H2,21,25)/t14-,15-,16+,17+,19-/m0/s1. The van der Waals surface area contributed by atoms with Gasteiger partial charge in [-0.3, -0.25) is 19.2 Å². The zero-order valence-corrected chi connectivity index (χ0v) is 17.1. The van der Waals surface area contributed by atoms with Gasteiger partial charge in [-0.05, 0) is 5.56 Å². The molecule has 1 fully saturated rings. The van der Waals surface area contributed by atoms with Gasteiger partial charge in [-0.25, -0.2) is 0 Å². The Hall–Kier alpha value is -2.69. The molecule has 10 nitrogen and oxygen atoms in total. The summed E-state index contributed by atoms with van der Waals surface area (Å²) in [5.74, 6) is -3.90. The van der Waals surface area contributed by atoms with E-state index in [4.69, 9.17) is 41.0 Å². The van der Waals surface area contributed by atoms with Crippen molar-refractivity contribution in [1.29, 1.82) is 0 Å². The van der Waals surface area contributed by atoms with E-state index in [-0.39, 0.29) is 6.61 Å². The van der Waals surface area contributed by atoms with Crippen LogP contribution in [0, 0.1) is 0 Å². The van der Waals surface area contributed by atoms with Crippen molar-refractivity contribution in [3.8, 4) is 0 Å². The molecule has 1 aliphatic heterocycles. The van der Waals surface area contributed by atoms with Crippen LogP contribution < -0.4 is 5.73 Å². The summed E-state index contributed by atoms with van der Waals surface area (Å²) in [6, 6.07) is 8.92. The molecule has 0 aliphatic carbocycles. The van der Waals surface area contributed by atoms with Crippen LogP contribution in [-0.2, 0) is 49.5 Å². The third-order valence-electron chi connectivity index (χ3n) is 4.02. The molecule has 1 amide bonds. The molecule has 2 rings (SSSR count). The molecule has 1 saturated heterocycles. The number of alkyl halides is 1. The van der Waals surface area contributed by atoms with E-state index >= 15 is 0 Å². The normalized spacial score (nSPS) is 25.8. The maximum atomic E-state index is 12.0. The molecular weight excluding hydrogens is 422 g/mol. The van der Waals surface area contributed by atoms with Gasteiger partial charge in [0.25, 0.3) is 5.91 Å². The van der Waals surface area contributed by atoms with E-state index in [1.165, 1.54) is 0 Å². The van der Waals surface area contributed by atoms with Gasteiger partial charge in [0.05, 0.1) is 6.61 Å². The molecule has 1 aromatic carbocycles. The van der Waals surface area contributed by atoms with Crippen LogP contribution in [0.25, 0.3) is 0 Å². The van der Waals surface area contributed by atoms with E-state index < -0.39 is 60.4 Å². The van der Waals surface area contributed by atoms with Crippen molar-refractivity contribution < 1.29 is 42.9 Å². The van der Waals surface area contributed by atoms with Gasteiger partial charge in [0, 0.05) is 13.8 Å². The number of benzene rings is 1. The molecule has 2 N–H and O–H groups in total. The molecule has 5 atom stereocenters. The number of primary amides is 1. The highest BCUT2D eigenvalue weighted by atomic mass is 35.5. The predicted molar refractivity (Wildman–Crippen MR) is 101 cm³/mol. The molecule has 1 aliphatic rings. The summed E-state index contributed by atoms with van der Waals surface area (Å²) >= 11 is 5.51. The van der Waals surface area contributed by atoms with Crippen molar-refractivity contribution in [2.45, 2.75) is 51.2 Å². The van der Waals surface area contributed by atoms with Crippen LogP contribution in [0.4, 0.5) is 0 Å². The van der Waals surface area contributed by atoms with Crippen molar-refractivity contribution in [3.05, 3.63) is 35.9 Å². The Bertz CT molecular complexity index is 773. The molecule has 164 valence electrons. The van der Waals surface area contributed by atoms with Gasteiger partial charge in [-0.2, -0.15) is 0 Å². The number of nitrogens with two attached hydrogens (primary N) is 1. The summed E-state index contributed by atoms with van der Waals surface area (Å²) in [7, 11) is 0. The highest BCUT2D eigenvalue weighted by Gasteiger charge is 2.54. The summed E-state index contributed by atoms with van der Waals surface area (Å²) in [4.78, 5) is 47.0. The molecule has 1 heterocycles. The maximum Gasteiger partial charge on any atom is 0.321 e. The first-order valence-electron chi connectivity index (χ1n) is 8.93. The fraction of sp³-hybridized carbons (Fsp3) is 0.474. The van der Waals surface area contributed by atoms with Crippen molar-refractivity contribution >= 4 is 35.4 Å². The van der Waals surface area contributed by atoms with Gasteiger partial charge in [-0.1, -0.05) is 30.3 Å². The molecule has 0 spiro atoms. The Morgan fingerprint density at radius 3 is 2.13 bits per heavy atom. The molecule has 30 heavy (non-hydrogen) atoms. The van der Waals surface area contributed by atoms with Gasteiger partial charge in [0.2, 0.25) is 6.29 Å². The number of rotatable bonds is 8. The van der Waals surface area contributed by atoms with Crippen molar-refractivity contribution in [2.24, 2.45) is 5.73 Å². The lowest BCUT2D eigenvalue weighted by atomic mass is 9.97. The van der Waals surface area contributed by atoms with E-state index in [9.17, 15) is 19.2 Å². The van der Waals surface area contributed by atoms with Crippen molar-refractivity contribution in [1.82, 2.24) is 0 Å². The van der Waals surface area contributed by atoms with Gasteiger partial charge in [0.1, 0.15) is 12.0 Å². The monoisotopic (exact) mass is 443 g/mol. The molecule has 1 aromatic rings. The second-order valence-corrected chi connectivity index (χ2v) is 6.63.